The van der Waals surface area contributed by atoms with Gasteiger partial charge in [0.2, 0.25) is 0 Å². The number of aryl methyl sites for hydroxylation is 2. The lowest BCUT2D eigenvalue weighted by atomic mass is 9.91. The fourth-order valence-corrected chi connectivity index (χ4v) is 6.56. The summed E-state index contributed by atoms with van der Waals surface area (Å²) >= 11 is 7.88. The zero-order valence-corrected chi connectivity index (χ0v) is 25.2. The molecule has 0 radical (unpaired) electrons. The number of aromatic nitrogens is 4. The molecule has 0 saturated carbocycles. The predicted octanol–water partition coefficient (Wildman–Crippen LogP) is 8.39. The highest BCUT2D eigenvalue weighted by molar-refractivity contribution is 7.22. The van der Waals surface area contributed by atoms with Crippen molar-refractivity contribution >= 4 is 44.1 Å². The second kappa shape index (κ2) is 10.7. The van der Waals surface area contributed by atoms with E-state index >= 15 is 0 Å². The quantitative estimate of drug-likeness (QED) is 0.213. The van der Waals surface area contributed by atoms with Gasteiger partial charge in [0.15, 0.2) is 0 Å². The molecule has 0 spiro atoms. The van der Waals surface area contributed by atoms with Crippen LogP contribution in [0.25, 0.3) is 53.9 Å². The van der Waals surface area contributed by atoms with E-state index in [-0.39, 0.29) is 6.61 Å². The van der Waals surface area contributed by atoms with Gasteiger partial charge in [-0.15, -0.1) is 11.3 Å². The number of nitrogens with zero attached hydrogens (tertiary/aromatic N) is 4. The molecule has 0 aliphatic rings. The molecule has 6 aromatic rings. The average Bonchev–Trinajstić information content (AvgIpc) is 3.54. The number of hydrogen-bond acceptors (Lipinski definition) is 6. The smallest absolute Gasteiger partial charge is 0.126 e. The third-order valence-corrected chi connectivity index (χ3v) is 8.50. The van der Waals surface area contributed by atoms with E-state index in [4.69, 9.17) is 21.3 Å². The second-order valence-corrected chi connectivity index (χ2v) is 12.7. The number of fused-ring (bicyclic) bond motifs is 2. The zero-order valence-electron chi connectivity index (χ0n) is 23.6. The highest BCUT2D eigenvalue weighted by atomic mass is 35.5. The normalized spacial score (nSPS) is 12.9. The highest BCUT2D eigenvalue weighted by Crippen LogP contribution is 2.44. The highest BCUT2D eigenvalue weighted by Gasteiger charge is 2.27. The lowest BCUT2D eigenvalue weighted by molar-refractivity contribution is -0.0821. The Morgan fingerprint density at radius 3 is 2.41 bits per heavy atom. The van der Waals surface area contributed by atoms with Crippen molar-refractivity contribution in [3.63, 3.8) is 0 Å². The largest absolute Gasteiger partial charge is 0.393 e. The summed E-state index contributed by atoms with van der Waals surface area (Å²) in [5, 5.41) is 17.5. The van der Waals surface area contributed by atoms with E-state index in [1.807, 2.05) is 75.4 Å². The molecule has 1 atom stereocenters. The van der Waals surface area contributed by atoms with Crippen LogP contribution in [-0.4, -0.2) is 37.1 Å². The average molecular weight is 583 g/mol. The minimum Gasteiger partial charge on any atom is -0.393 e. The van der Waals surface area contributed by atoms with E-state index in [9.17, 15) is 5.11 Å². The van der Waals surface area contributed by atoms with Crippen LogP contribution in [0, 0.1) is 6.92 Å². The standard InChI is InChI=1S/C33H31ClN4O2S/c1-19-12-26-31(30(20-6-9-25(34)10-7-20)29(19)28(18-39)40-33(2,3)4)41-32(37-26)24-14-22(15-35-16-24)21-8-11-27-23(13-21)17-36-38(27)5/h6-17,28,39H,18H2,1-5H3. The third-order valence-electron chi connectivity index (χ3n) is 7.11. The molecule has 1 N–H and O–H groups in total. The van der Waals surface area contributed by atoms with Crippen molar-refractivity contribution in [1.29, 1.82) is 0 Å². The molecule has 0 aliphatic carbocycles. The molecule has 1 unspecified atom stereocenters. The van der Waals surface area contributed by atoms with E-state index in [1.165, 1.54) is 0 Å². The Morgan fingerprint density at radius 1 is 0.951 bits per heavy atom. The summed E-state index contributed by atoms with van der Waals surface area (Å²) < 4.78 is 9.27. The summed E-state index contributed by atoms with van der Waals surface area (Å²) in [5.41, 5.74) is 8.57. The van der Waals surface area contributed by atoms with Gasteiger partial charge in [-0.3, -0.25) is 9.67 Å². The lowest BCUT2D eigenvalue weighted by Gasteiger charge is -2.29. The molecule has 0 saturated heterocycles. The second-order valence-electron chi connectivity index (χ2n) is 11.3. The first-order chi connectivity index (χ1) is 19.6. The number of benzene rings is 3. The fourth-order valence-electron chi connectivity index (χ4n) is 5.32. The number of ether oxygens (including phenoxy) is 1. The summed E-state index contributed by atoms with van der Waals surface area (Å²) in [5.74, 6) is 0. The van der Waals surface area contributed by atoms with Crippen LogP contribution >= 0.6 is 22.9 Å². The van der Waals surface area contributed by atoms with E-state index < -0.39 is 11.7 Å². The fraction of sp³-hybridized carbons (Fsp3) is 0.242. The molecule has 3 aromatic carbocycles. The van der Waals surface area contributed by atoms with Crippen LogP contribution in [0.3, 0.4) is 0 Å². The summed E-state index contributed by atoms with van der Waals surface area (Å²) in [6, 6.07) is 18.4. The predicted molar refractivity (Wildman–Crippen MR) is 168 cm³/mol. The Labute approximate surface area is 248 Å². The molecule has 6 nitrogen and oxygen atoms in total. The lowest BCUT2D eigenvalue weighted by Crippen LogP contribution is -2.25. The van der Waals surface area contributed by atoms with E-state index in [2.05, 4.69) is 47.3 Å². The summed E-state index contributed by atoms with van der Waals surface area (Å²) in [6.45, 7) is 7.93. The van der Waals surface area contributed by atoms with Gasteiger partial charge < -0.3 is 9.84 Å². The number of thiazole rings is 1. The molecule has 41 heavy (non-hydrogen) atoms. The Kier molecular flexibility index (Phi) is 7.16. The van der Waals surface area contributed by atoms with E-state index in [0.717, 1.165) is 65.1 Å². The number of halogens is 1. The van der Waals surface area contributed by atoms with Crippen molar-refractivity contribution in [3.05, 3.63) is 89.3 Å². The summed E-state index contributed by atoms with van der Waals surface area (Å²) in [4.78, 5) is 9.65. The molecule has 0 amide bonds. The first-order valence-electron chi connectivity index (χ1n) is 13.5. The van der Waals surface area contributed by atoms with Gasteiger partial charge in [0.1, 0.15) is 11.1 Å². The maximum Gasteiger partial charge on any atom is 0.126 e. The Balaban J connectivity index is 1.51. The maximum absolute atomic E-state index is 10.5. The number of aliphatic hydroxyl groups excluding tert-OH is 1. The molecule has 3 aromatic heterocycles. The minimum absolute atomic E-state index is 0.136. The van der Waals surface area contributed by atoms with E-state index in [0.29, 0.717) is 5.02 Å². The van der Waals surface area contributed by atoms with Gasteiger partial charge in [-0.2, -0.15) is 5.10 Å². The van der Waals surface area contributed by atoms with Gasteiger partial charge in [-0.1, -0.05) is 29.8 Å². The Hall–Kier alpha value is -3.62. The SMILES string of the molecule is Cc1cc2nc(-c3cncc(-c4ccc5c(cnn5C)c4)c3)sc2c(-c2ccc(Cl)cc2)c1C(CO)OC(C)(C)C. The topological polar surface area (TPSA) is 73.1 Å². The van der Waals surface area contributed by atoms with Crippen molar-refractivity contribution in [3.8, 4) is 32.8 Å². The van der Waals surface area contributed by atoms with Crippen molar-refractivity contribution in [2.45, 2.75) is 39.4 Å². The van der Waals surface area contributed by atoms with Crippen molar-refractivity contribution < 1.29 is 9.84 Å². The first-order valence-corrected chi connectivity index (χ1v) is 14.7. The molecular weight excluding hydrogens is 552 g/mol. The molecular formula is C33H31ClN4O2S. The monoisotopic (exact) mass is 582 g/mol. The van der Waals surface area contributed by atoms with Gasteiger partial charge in [-0.05, 0) is 86.3 Å². The van der Waals surface area contributed by atoms with Gasteiger partial charge in [-0.25, -0.2) is 4.98 Å². The minimum atomic E-state index is -0.497. The molecule has 8 heteroatoms. The van der Waals surface area contributed by atoms with Gasteiger partial charge >= 0.3 is 0 Å². The molecule has 3 heterocycles. The molecule has 208 valence electrons. The summed E-state index contributed by atoms with van der Waals surface area (Å²) in [7, 11) is 1.95. The number of hydrogen-bond donors (Lipinski definition) is 1. The van der Waals surface area contributed by atoms with Crippen LogP contribution in [0.5, 0.6) is 0 Å². The van der Waals surface area contributed by atoms with Crippen LogP contribution in [0.1, 0.15) is 38.0 Å². The molecule has 0 aliphatic heterocycles. The van der Waals surface area contributed by atoms with Crippen LogP contribution in [0.4, 0.5) is 0 Å². The van der Waals surface area contributed by atoms with Crippen LogP contribution in [0.15, 0.2) is 73.2 Å². The number of aliphatic hydroxyl groups is 1. The number of rotatable bonds is 6. The number of pyridine rings is 1. The molecule has 0 bridgehead atoms. The molecule has 6 rings (SSSR count). The van der Waals surface area contributed by atoms with Crippen molar-refractivity contribution in [2.24, 2.45) is 7.05 Å². The van der Waals surface area contributed by atoms with E-state index in [1.54, 1.807) is 11.3 Å². The third kappa shape index (κ3) is 5.38. The van der Waals surface area contributed by atoms with Gasteiger partial charge in [0.25, 0.3) is 0 Å². The Morgan fingerprint density at radius 2 is 1.68 bits per heavy atom. The first kappa shape index (κ1) is 27.5. The summed E-state index contributed by atoms with van der Waals surface area (Å²) in [6.07, 6.45) is 5.12. The van der Waals surface area contributed by atoms with Crippen LogP contribution in [0.2, 0.25) is 5.02 Å². The van der Waals surface area contributed by atoms with Crippen molar-refractivity contribution in [2.75, 3.05) is 6.61 Å². The van der Waals surface area contributed by atoms with Crippen molar-refractivity contribution in [1.82, 2.24) is 19.7 Å². The van der Waals surface area contributed by atoms with Gasteiger partial charge in [0, 0.05) is 46.5 Å². The van der Waals surface area contributed by atoms with Gasteiger partial charge in [0.05, 0.1) is 34.1 Å². The van der Waals surface area contributed by atoms with Crippen LogP contribution in [-0.2, 0) is 11.8 Å². The zero-order chi connectivity index (χ0) is 28.9. The maximum atomic E-state index is 10.5. The van der Waals surface area contributed by atoms with Crippen LogP contribution < -0.4 is 0 Å². The molecule has 0 fully saturated rings. The Bertz CT molecular complexity index is 1890.